The smallest absolute Gasteiger partial charge is 0.131 e. The van der Waals surface area contributed by atoms with Gasteiger partial charge in [-0.3, -0.25) is 0 Å². The van der Waals surface area contributed by atoms with Gasteiger partial charge in [0, 0.05) is 10.0 Å². The molecule has 0 unspecified atom stereocenters. The monoisotopic (exact) mass is 246 g/mol. The fourth-order valence-corrected chi connectivity index (χ4v) is 2.04. The Bertz CT molecular complexity index is 304. The Hall–Kier alpha value is -0.410. The molecule has 1 nitrogen and oxygen atoms in total. The fraction of sp³-hybridized carbons (Fsp3) is 0.400. The van der Waals surface area contributed by atoms with Crippen LogP contribution in [0.5, 0.6) is 0 Å². The number of aliphatic hydroxyl groups is 1. The second-order valence-electron chi connectivity index (χ2n) is 3.44. The first-order chi connectivity index (χ1) is 5.95. The Balaban J connectivity index is 3.13. The Morgan fingerprint density at radius 3 is 2.46 bits per heavy atom. The number of alkyl halides is 1. The average molecular weight is 247 g/mol. The zero-order valence-electron chi connectivity index (χ0n) is 7.64. The molecule has 3 heteroatoms. The van der Waals surface area contributed by atoms with Crippen LogP contribution in [0.15, 0.2) is 22.7 Å². The molecule has 72 valence electrons. The molecule has 1 aromatic carbocycles. The molecule has 0 radical (unpaired) electrons. The summed E-state index contributed by atoms with van der Waals surface area (Å²) in [7, 11) is 0. The molecule has 1 rings (SSSR count). The van der Waals surface area contributed by atoms with Gasteiger partial charge in [-0.25, -0.2) is 4.39 Å². The Morgan fingerprint density at radius 2 is 2.08 bits per heavy atom. The maximum absolute atomic E-state index is 13.5. The number of aliphatic hydroxyl groups excluding tert-OH is 1. The molecule has 0 heterocycles. The maximum Gasteiger partial charge on any atom is 0.131 e. The molecule has 0 amide bonds. The summed E-state index contributed by atoms with van der Waals surface area (Å²) in [6.07, 6.45) is 0. The number of benzene rings is 1. The molecule has 0 aliphatic carbocycles. The van der Waals surface area contributed by atoms with Gasteiger partial charge in [-0.2, -0.15) is 0 Å². The van der Waals surface area contributed by atoms with Crippen molar-refractivity contribution >= 4 is 15.9 Å². The van der Waals surface area contributed by atoms with Crippen LogP contribution in [-0.4, -0.2) is 5.11 Å². The van der Waals surface area contributed by atoms with Crippen LogP contribution in [0, 0.1) is 0 Å². The highest BCUT2D eigenvalue weighted by molar-refractivity contribution is 9.10. The van der Waals surface area contributed by atoms with Crippen molar-refractivity contribution in [3.8, 4) is 0 Å². The van der Waals surface area contributed by atoms with Crippen molar-refractivity contribution in [2.24, 2.45) is 0 Å². The minimum absolute atomic E-state index is 0.0222. The minimum atomic E-state index is -1.35. The van der Waals surface area contributed by atoms with E-state index in [2.05, 4.69) is 15.9 Å². The largest absolute Gasteiger partial charge is 0.392 e. The van der Waals surface area contributed by atoms with E-state index in [0.29, 0.717) is 10.0 Å². The molecule has 13 heavy (non-hydrogen) atoms. The number of hydrogen-bond acceptors (Lipinski definition) is 1. The third-order valence-electron chi connectivity index (χ3n) is 1.86. The van der Waals surface area contributed by atoms with Gasteiger partial charge in [0.25, 0.3) is 0 Å². The second kappa shape index (κ2) is 3.76. The van der Waals surface area contributed by atoms with Gasteiger partial charge in [-0.1, -0.05) is 28.1 Å². The topological polar surface area (TPSA) is 20.2 Å². The van der Waals surface area contributed by atoms with Gasteiger partial charge in [0.2, 0.25) is 0 Å². The first kappa shape index (κ1) is 10.7. The molecule has 1 N–H and O–H groups in total. The predicted octanol–water partition coefficient (Wildman–Crippen LogP) is 3.15. The quantitative estimate of drug-likeness (QED) is 0.851. The van der Waals surface area contributed by atoms with Crippen molar-refractivity contribution in [2.75, 3.05) is 0 Å². The molecule has 1 aromatic rings. The van der Waals surface area contributed by atoms with Crippen molar-refractivity contribution in [3.05, 3.63) is 33.8 Å². The van der Waals surface area contributed by atoms with Crippen molar-refractivity contribution in [2.45, 2.75) is 26.1 Å². The van der Waals surface area contributed by atoms with Gasteiger partial charge in [0.15, 0.2) is 0 Å². The highest BCUT2D eigenvalue weighted by Gasteiger charge is 2.21. The summed E-state index contributed by atoms with van der Waals surface area (Å²) in [5, 5.41) is 8.84. The molecule has 0 aliphatic heterocycles. The summed E-state index contributed by atoms with van der Waals surface area (Å²) in [5.74, 6) is 0. The highest BCUT2D eigenvalue weighted by atomic mass is 79.9. The zero-order chi connectivity index (χ0) is 10.1. The Kier molecular flexibility index (Phi) is 3.09. The van der Waals surface area contributed by atoms with Gasteiger partial charge in [0.1, 0.15) is 5.67 Å². The molecule has 0 saturated heterocycles. The van der Waals surface area contributed by atoms with Crippen LogP contribution < -0.4 is 0 Å². The summed E-state index contributed by atoms with van der Waals surface area (Å²) >= 11 is 3.27. The number of rotatable bonds is 2. The molecule has 0 spiro atoms. The first-order valence-electron chi connectivity index (χ1n) is 4.04. The van der Waals surface area contributed by atoms with Crippen molar-refractivity contribution in [1.82, 2.24) is 0 Å². The maximum atomic E-state index is 13.5. The molecule has 0 aromatic heterocycles. The SMILES string of the molecule is CC(C)(F)c1ccc(CO)cc1Br. The molecule has 0 bridgehead atoms. The van der Waals surface area contributed by atoms with Crippen LogP contribution in [0.4, 0.5) is 4.39 Å². The standard InChI is InChI=1S/C10H12BrFO/c1-10(2,12)8-4-3-7(6-13)5-9(8)11/h3-5,13H,6H2,1-2H3. The lowest BCUT2D eigenvalue weighted by Crippen LogP contribution is -2.10. The van der Waals surface area contributed by atoms with Gasteiger partial charge in [-0.05, 0) is 25.5 Å². The normalized spacial score (nSPS) is 11.8. The van der Waals surface area contributed by atoms with Crippen LogP contribution in [0.2, 0.25) is 0 Å². The van der Waals surface area contributed by atoms with Crippen LogP contribution in [-0.2, 0) is 12.3 Å². The van der Waals surface area contributed by atoms with Crippen LogP contribution >= 0.6 is 15.9 Å². The van der Waals surface area contributed by atoms with Gasteiger partial charge >= 0.3 is 0 Å². The van der Waals surface area contributed by atoms with E-state index in [4.69, 9.17) is 5.11 Å². The minimum Gasteiger partial charge on any atom is -0.392 e. The van der Waals surface area contributed by atoms with E-state index in [1.807, 2.05) is 0 Å². The van der Waals surface area contributed by atoms with Crippen molar-refractivity contribution in [1.29, 1.82) is 0 Å². The van der Waals surface area contributed by atoms with Gasteiger partial charge in [0.05, 0.1) is 6.61 Å². The lowest BCUT2D eigenvalue weighted by atomic mass is 9.99. The lowest BCUT2D eigenvalue weighted by Gasteiger charge is -2.16. The highest BCUT2D eigenvalue weighted by Crippen LogP contribution is 2.31. The van der Waals surface area contributed by atoms with Gasteiger partial charge < -0.3 is 5.11 Å². The second-order valence-corrected chi connectivity index (χ2v) is 4.30. The summed E-state index contributed by atoms with van der Waals surface area (Å²) in [5.41, 5.74) is 0.0249. The van der Waals surface area contributed by atoms with Crippen molar-refractivity contribution in [3.63, 3.8) is 0 Å². The molecule has 0 saturated carbocycles. The average Bonchev–Trinajstić information content (AvgIpc) is 2.01. The van der Waals surface area contributed by atoms with Crippen LogP contribution in [0.3, 0.4) is 0 Å². The molecular formula is C10H12BrFO. The lowest BCUT2D eigenvalue weighted by molar-refractivity contribution is 0.220. The first-order valence-corrected chi connectivity index (χ1v) is 4.83. The summed E-state index contributed by atoms with van der Waals surface area (Å²) in [6, 6.07) is 5.15. The van der Waals surface area contributed by atoms with E-state index in [1.54, 1.807) is 18.2 Å². The van der Waals surface area contributed by atoms with Crippen LogP contribution in [0.25, 0.3) is 0 Å². The van der Waals surface area contributed by atoms with E-state index in [0.717, 1.165) is 5.56 Å². The predicted molar refractivity (Wildman–Crippen MR) is 54.2 cm³/mol. The fourth-order valence-electron chi connectivity index (χ4n) is 1.14. The summed E-state index contributed by atoms with van der Waals surface area (Å²) in [6.45, 7) is 2.99. The van der Waals surface area contributed by atoms with E-state index in [1.165, 1.54) is 13.8 Å². The van der Waals surface area contributed by atoms with E-state index < -0.39 is 5.67 Å². The van der Waals surface area contributed by atoms with E-state index in [9.17, 15) is 4.39 Å². The van der Waals surface area contributed by atoms with Gasteiger partial charge in [-0.15, -0.1) is 0 Å². The Labute approximate surface area is 85.7 Å². The summed E-state index contributed by atoms with van der Waals surface area (Å²) < 4.78 is 14.2. The molecule has 0 aliphatic rings. The van der Waals surface area contributed by atoms with E-state index >= 15 is 0 Å². The third kappa shape index (κ3) is 2.51. The zero-order valence-corrected chi connectivity index (χ0v) is 9.23. The number of hydrogen-bond donors (Lipinski definition) is 1. The van der Waals surface area contributed by atoms with E-state index in [-0.39, 0.29) is 6.61 Å². The summed E-state index contributed by atoms with van der Waals surface area (Å²) in [4.78, 5) is 0. The molecule has 0 atom stereocenters. The Morgan fingerprint density at radius 1 is 1.46 bits per heavy atom. The number of halogens is 2. The van der Waals surface area contributed by atoms with Crippen LogP contribution in [0.1, 0.15) is 25.0 Å². The van der Waals surface area contributed by atoms with Crippen molar-refractivity contribution < 1.29 is 9.50 Å². The molecular weight excluding hydrogens is 235 g/mol. The third-order valence-corrected chi connectivity index (χ3v) is 2.51. The molecule has 0 fully saturated rings.